The second-order valence-corrected chi connectivity index (χ2v) is 7.22. The van der Waals surface area contributed by atoms with Gasteiger partial charge in [-0.15, -0.1) is 0 Å². The maximum Gasteiger partial charge on any atom is 0.404 e. The standard InChI is InChI=1S/C14H29N3O4/c1-13(2,3)10(16-12(20)21)9-17(14(4,5)6)8-7-15-11(18)19/h10,15-16H,7-9H2,1-6H3,(H,18,19)(H,20,21). The summed E-state index contributed by atoms with van der Waals surface area (Å²) in [5.74, 6) is 0. The van der Waals surface area contributed by atoms with Crippen molar-refractivity contribution in [3.05, 3.63) is 0 Å². The fraction of sp³-hybridized carbons (Fsp3) is 0.857. The highest BCUT2D eigenvalue weighted by Gasteiger charge is 2.31. The zero-order chi connectivity index (χ0) is 16.8. The normalized spacial score (nSPS) is 13.9. The van der Waals surface area contributed by atoms with Crippen LogP contribution in [0.15, 0.2) is 0 Å². The Morgan fingerprint density at radius 1 is 1.05 bits per heavy atom. The fourth-order valence-corrected chi connectivity index (χ4v) is 1.90. The Morgan fingerprint density at radius 3 is 1.90 bits per heavy atom. The highest BCUT2D eigenvalue weighted by molar-refractivity contribution is 5.65. The van der Waals surface area contributed by atoms with Gasteiger partial charge in [-0.2, -0.15) is 0 Å². The van der Waals surface area contributed by atoms with Crippen LogP contribution < -0.4 is 10.6 Å². The molecular formula is C14H29N3O4. The zero-order valence-corrected chi connectivity index (χ0v) is 13.9. The van der Waals surface area contributed by atoms with E-state index in [4.69, 9.17) is 10.2 Å². The molecule has 0 aromatic carbocycles. The summed E-state index contributed by atoms with van der Waals surface area (Å²) in [4.78, 5) is 23.6. The molecule has 4 N–H and O–H groups in total. The molecule has 0 fully saturated rings. The molecule has 2 amide bonds. The predicted octanol–water partition coefficient (Wildman–Crippen LogP) is 2.04. The van der Waals surface area contributed by atoms with Crippen LogP contribution >= 0.6 is 0 Å². The van der Waals surface area contributed by atoms with Crippen LogP contribution in [0.4, 0.5) is 9.59 Å². The third kappa shape index (κ3) is 8.39. The van der Waals surface area contributed by atoms with Gasteiger partial charge in [-0.05, 0) is 26.2 Å². The van der Waals surface area contributed by atoms with Crippen LogP contribution in [-0.4, -0.2) is 58.5 Å². The third-order valence-electron chi connectivity index (χ3n) is 3.35. The number of amides is 2. The van der Waals surface area contributed by atoms with Crippen molar-refractivity contribution in [3.63, 3.8) is 0 Å². The summed E-state index contributed by atoms with van der Waals surface area (Å²) < 4.78 is 0. The van der Waals surface area contributed by atoms with E-state index in [9.17, 15) is 9.59 Å². The molecule has 7 heteroatoms. The molecule has 21 heavy (non-hydrogen) atoms. The summed E-state index contributed by atoms with van der Waals surface area (Å²) in [6.07, 6.45) is -2.10. The number of hydrogen-bond acceptors (Lipinski definition) is 3. The molecule has 0 saturated heterocycles. The summed E-state index contributed by atoms with van der Waals surface area (Å²) in [7, 11) is 0. The van der Waals surface area contributed by atoms with Crippen molar-refractivity contribution in [2.24, 2.45) is 5.41 Å². The lowest BCUT2D eigenvalue weighted by atomic mass is 9.85. The first-order valence-electron chi connectivity index (χ1n) is 7.05. The van der Waals surface area contributed by atoms with Crippen LogP contribution in [-0.2, 0) is 0 Å². The van der Waals surface area contributed by atoms with Gasteiger partial charge in [0.25, 0.3) is 0 Å². The minimum Gasteiger partial charge on any atom is -0.465 e. The quantitative estimate of drug-likeness (QED) is 0.601. The Kier molecular flexibility index (Phi) is 6.96. The molecule has 124 valence electrons. The van der Waals surface area contributed by atoms with Crippen LogP contribution in [0.25, 0.3) is 0 Å². The lowest BCUT2D eigenvalue weighted by molar-refractivity contribution is 0.0908. The van der Waals surface area contributed by atoms with E-state index in [1.54, 1.807) is 0 Å². The van der Waals surface area contributed by atoms with Gasteiger partial charge in [0.05, 0.1) is 0 Å². The number of nitrogens with zero attached hydrogens (tertiary/aromatic N) is 1. The molecule has 7 nitrogen and oxygen atoms in total. The van der Waals surface area contributed by atoms with E-state index in [0.717, 1.165) is 0 Å². The third-order valence-corrected chi connectivity index (χ3v) is 3.35. The van der Waals surface area contributed by atoms with Crippen molar-refractivity contribution in [3.8, 4) is 0 Å². The molecule has 0 aliphatic heterocycles. The van der Waals surface area contributed by atoms with E-state index in [0.29, 0.717) is 19.6 Å². The van der Waals surface area contributed by atoms with Crippen molar-refractivity contribution in [2.45, 2.75) is 53.1 Å². The smallest absolute Gasteiger partial charge is 0.404 e. The summed E-state index contributed by atoms with van der Waals surface area (Å²) in [6.45, 7) is 13.3. The second-order valence-electron chi connectivity index (χ2n) is 7.22. The summed E-state index contributed by atoms with van der Waals surface area (Å²) >= 11 is 0. The van der Waals surface area contributed by atoms with E-state index in [1.807, 2.05) is 41.5 Å². The van der Waals surface area contributed by atoms with E-state index < -0.39 is 12.2 Å². The van der Waals surface area contributed by atoms with Crippen molar-refractivity contribution >= 4 is 12.2 Å². The van der Waals surface area contributed by atoms with Gasteiger partial charge in [0.2, 0.25) is 0 Å². The van der Waals surface area contributed by atoms with Crippen molar-refractivity contribution in [1.29, 1.82) is 0 Å². The topological polar surface area (TPSA) is 102 Å². The molecule has 0 aliphatic rings. The molecule has 0 spiro atoms. The maximum absolute atomic E-state index is 11.0. The molecule has 0 aliphatic carbocycles. The minimum atomic E-state index is -1.06. The van der Waals surface area contributed by atoms with Gasteiger partial charge in [-0.3, -0.25) is 4.90 Å². The first-order chi connectivity index (χ1) is 9.34. The fourth-order valence-electron chi connectivity index (χ4n) is 1.90. The number of carbonyl (C=O) groups is 2. The molecule has 0 radical (unpaired) electrons. The van der Waals surface area contributed by atoms with Crippen molar-refractivity contribution in [1.82, 2.24) is 15.5 Å². The largest absolute Gasteiger partial charge is 0.465 e. The van der Waals surface area contributed by atoms with Crippen LogP contribution in [0.2, 0.25) is 0 Å². The highest BCUT2D eigenvalue weighted by atomic mass is 16.4. The van der Waals surface area contributed by atoms with Crippen LogP contribution in [0.1, 0.15) is 41.5 Å². The van der Waals surface area contributed by atoms with Crippen molar-refractivity contribution < 1.29 is 19.8 Å². The van der Waals surface area contributed by atoms with E-state index in [2.05, 4.69) is 15.5 Å². The maximum atomic E-state index is 11.0. The molecule has 0 rings (SSSR count). The van der Waals surface area contributed by atoms with Crippen LogP contribution in [0, 0.1) is 5.41 Å². The molecule has 0 bridgehead atoms. The van der Waals surface area contributed by atoms with Crippen molar-refractivity contribution in [2.75, 3.05) is 19.6 Å². The number of hydrogen-bond donors (Lipinski definition) is 4. The monoisotopic (exact) mass is 303 g/mol. The molecule has 0 saturated carbocycles. The van der Waals surface area contributed by atoms with Crippen LogP contribution in [0.3, 0.4) is 0 Å². The summed E-state index contributed by atoms with van der Waals surface area (Å²) in [5, 5.41) is 22.5. The summed E-state index contributed by atoms with van der Waals surface area (Å²) in [6, 6.07) is -0.251. The lowest BCUT2D eigenvalue weighted by Gasteiger charge is -2.41. The number of nitrogens with one attached hydrogen (secondary N) is 2. The number of carboxylic acid groups (broad SMARTS) is 2. The number of rotatable bonds is 6. The Morgan fingerprint density at radius 2 is 1.57 bits per heavy atom. The van der Waals surface area contributed by atoms with Gasteiger partial charge in [0.15, 0.2) is 0 Å². The van der Waals surface area contributed by atoms with Gasteiger partial charge in [0.1, 0.15) is 0 Å². The molecule has 0 heterocycles. The molecule has 0 aromatic heterocycles. The van der Waals surface area contributed by atoms with Gasteiger partial charge in [-0.25, -0.2) is 9.59 Å². The van der Waals surface area contributed by atoms with Gasteiger partial charge in [-0.1, -0.05) is 20.8 Å². The summed E-state index contributed by atoms with van der Waals surface area (Å²) in [5.41, 5.74) is -0.425. The average molecular weight is 303 g/mol. The lowest BCUT2D eigenvalue weighted by Crippen LogP contribution is -2.55. The first-order valence-corrected chi connectivity index (χ1v) is 7.05. The first kappa shape index (κ1) is 19.5. The predicted molar refractivity (Wildman–Crippen MR) is 81.8 cm³/mol. The van der Waals surface area contributed by atoms with Gasteiger partial charge >= 0.3 is 12.2 Å². The Balaban J connectivity index is 4.89. The Labute approximate surface area is 126 Å². The van der Waals surface area contributed by atoms with Crippen LogP contribution in [0.5, 0.6) is 0 Å². The van der Waals surface area contributed by atoms with E-state index >= 15 is 0 Å². The average Bonchev–Trinajstić information content (AvgIpc) is 2.22. The highest BCUT2D eigenvalue weighted by Crippen LogP contribution is 2.23. The van der Waals surface area contributed by atoms with E-state index in [1.165, 1.54) is 0 Å². The van der Waals surface area contributed by atoms with E-state index in [-0.39, 0.29) is 17.0 Å². The molecule has 0 aromatic rings. The molecule has 1 unspecified atom stereocenters. The minimum absolute atomic E-state index is 0.191. The van der Waals surface area contributed by atoms with Gasteiger partial charge < -0.3 is 20.8 Å². The van der Waals surface area contributed by atoms with Gasteiger partial charge in [0, 0.05) is 31.2 Å². The molecule has 1 atom stereocenters. The zero-order valence-electron chi connectivity index (χ0n) is 13.9. The second kappa shape index (κ2) is 7.49. The molecular weight excluding hydrogens is 274 g/mol. The Hall–Kier alpha value is -1.50. The Bertz CT molecular complexity index is 358. The SMILES string of the molecule is CC(C)(C)C(CN(CCNC(=O)O)C(C)(C)C)NC(=O)O.